The van der Waals surface area contributed by atoms with Crippen LogP contribution in [0.2, 0.25) is 0 Å². The monoisotopic (exact) mass is 555 g/mol. The number of carbonyl (C=O) groups is 3. The normalized spacial score (nSPS) is 29.9. The van der Waals surface area contributed by atoms with E-state index in [4.69, 9.17) is 10.5 Å². The Morgan fingerprint density at radius 2 is 1.90 bits per heavy atom. The first kappa shape index (κ1) is 28.1. The number of aliphatic hydroxyl groups is 3. The van der Waals surface area contributed by atoms with Crippen molar-refractivity contribution in [1.29, 1.82) is 0 Å². The van der Waals surface area contributed by atoms with Crippen molar-refractivity contribution >= 4 is 23.2 Å². The summed E-state index contributed by atoms with van der Waals surface area (Å²) >= 11 is 0. The van der Waals surface area contributed by atoms with Crippen LogP contribution in [0.3, 0.4) is 0 Å². The van der Waals surface area contributed by atoms with Gasteiger partial charge in [0.05, 0.1) is 18.7 Å². The lowest BCUT2D eigenvalue weighted by atomic mass is 9.57. The van der Waals surface area contributed by atoms with Crippen LogP contribution in [0.4, 0.5) is 0 Å². The summed E-state index contributed by atoms with van der Waals surface area (Å²) in [5.74, 6) is -6.24. The number of methoxy groups -OCH3 is 1. The molecule has 40 heavy (non-hydrogen) atoms. The Hall–Kier alpha value is -3.41. The van der Waals surface area contributed by atoms with Gasteiger partial charge in [-0.3, -0.25) is 24.2 Å². The number of ketones is 2. The number of rotatable bonds is 5. The summed E-state index contributed by atoms with van der Waals surface area (Å²) < 4.78 is 5.83. The van der Waals surface area contributed by atoms with Gasteiger partial charge in [-0.2, -0.15) is 0 Å². The van der Waals surface area contributed by atoms with E-state index in [9.17, 15) is 34.8 Å². The molecule has 0 bridgehead atoms. The minimum absolute atomic E-state index is 0.0255. The van der Waals surface area contributed by atoms with Gasteiger partial charge in [-0.15, -0.1) is 0 Å². The number of nitrogens with zero attached hydrogens (tertiary/aromatic N) is 2. The fourth-order valence-corrected chi connectivity index (χ4v) is 7.39. The Bertz CT molecular complexity index is 1390. The second-order valence-electron chi connectivity index (χ2n) is 12.2. The number of aromatic hydroxyl groups is 1. The first-order chi connectivity index (χ1) is 18.7. The maximum atomic E-state index is 14.0. The number of primary amides is 1. The number of hydrogen-bond donors (Lipinski definition) is 5. The average molecular weight is 556 g/mol. The molecule has 0 spiro atoms. The van der Waals surface area contributed by atoms with E-state index in [-0.39, 0.29) is 35.3 Å². The third kappa shape index (κ3) is 3.78. The molecule has 0 unspecified atom stereocenters. The van der Waals surface area contributed by atoms with Gasteiger partial charge >= 0.3 is 0 Å². The Balaban J connectivity index is 1.67. The number of Topliss-reactive ketones (excluding diaryl/α,β-unsaturated/α-hetero) is 2. The lowest BCUT2D eigenvalue weighted by molar-refractivity contribution is -0.153. The number of phenolic OH excluding ortho intramolecular Hbond substituents is 1. The summed E-state index contributed by atoms with van der Waals surface area (Å²) in [5, 5.41) is 45.2. The number of phenols is 1. The molecule has 2 fully saturated rings. The third-order valence-corrected chi connectivity index (χ3v) is 9.39. The lowest BCUT2D eigenvalue weighted by Gasteiger charge is -2.50. The summed E-state index contributed by atoms with van der Waals surface area (Å²) in [5.41, 5.74) is 2.96. The molecule has 4 aliphatic rings. The molecular formula is C29H37N3O8. The molecule has 1 aromatic rings. The van der Waals surface area contributed by atoms with Gasteiger partial charge in [-0.05, 0) is 72.2 Å². The molecule has 216 valence electrons. The largest absolute Gasteiger partial charge is 0.508 e. The minimum Gasteiger partial charge on any atom is -0.508 e. The maximum absolute atomic E-state index is 14.0. The number of hydrogen-bond acceptors (Lipinski definition) is 10. The predicted molar refractivity (Wildman–Crippen MR) is 145 cm³/mol. The van der Waals surface area contributed by atoms with Crippen molar-refractivity contribution in [3.05, 3.63) is 39.7 Å². The van der Waals surface area contributed by atoms with E-state index in [1.165, 1.54) is 18.1 Å². The molecule has 3 aliphatic carbocycles. The highest BCUT2D eigenvalue weighted by atomic mass is 16.5. The smallest absolute Gasteiger partial charge is 0.255 e. The minimum atomic E-state index is -2.66. The van der Waals surface area contributed by atoms with Gasteiger partial charge in [0, 0.05) is 34.7 Å². The highest BCUT2D eigenvalue weighted by molar-refractivity contribution is 6.24. The third-order valence-electron chi connectivity index (χ3n) is 9.39. The van der Waals surface area contributed by atoms with Gasteiger partial charge in [-0.25, -0.2) is 0 Å². The molecule has 1 saturated heterocycles. The number of fused-ring (bicyclic) bond motifs is 3. The van der Waals surface area contributed by atoms with Crippen LogP contribution < -0.4 is 10.5 Å². The standard InChI is InChI=1S/C29H37N3O8/c1-28(2)7-6-8-32(28)12-14-11-17(33)19-15(24(14)40-5)9-13-10-16-21(31(3)4)23(35)20(27(30)38)26(37)29(16,39)25(36)18(13)22(19)34/h11,13,16,21,33-34,37,39H,6-10,12H2,1-5H3,(H2,30,38)/t13-,16-,21-,29-/m0/s1. The summed E-state index contributed by atoms with van der Waals surface area (Å²) in [4.78, 5) is 43.1. The topological polar surface area (TPSA) is 174 Å². The summed E-state index contributed by atoms with van der Waals surface area (Å²) in [7, 11) is 4.66. The number of carbonyl (C=O) groups excluding carboxylic acids is 3. The van der Waals surface area contributed by atoms with Gasteiger partial charge < -0.3 is 30.9 Å². The number of amides is 1. The van der Waals surface area contributed by atoms with Crippen LogP contribution in [0.5, 0.6) is 11.5 Å². The van der Waals surface area contributed by atoms with E-state index in [1.54, 1.807) is 14.1 Å². The molecular weight excluding hydrogens is 518 g/mol. The Morgan fingerprint density at radius 1 is 1.23 bits per heavy atom. The molecule has 11 nitrogen and oxygen atoms in total. The molecule has 5 rings (SSSR count). The summed E-state index contributed by atoms with van der Waals surface area (Å²) in [6, 6.07) is 0.397. The zero-order chi connectivity index (χ0) is 29.5. The van der Waals surface area contributed by atoms with Gasteiger partial charge in [0.25, 0.3) is 5.91 Å². The van der Waals surface area contributed by atoms with Crippen LogP contribution in [-0.2, 0) is 27.3 Å². The van der Waals surface area contributed by atoms with Crippen LogP contribution in [0.15, 0.2) is 23.0 Å². The Labute approximate surface area is 232 Å². The van der Waals surface area contributed by atoms with Crippen molar-refractivity contribution in [2.75, 3.05) is 27.7 Å². The highest BCUT2D eigenvalue weighted by Gasteiger charge is 2.64. The number of ether oxygens (including phenoxy) is 1. The van der Waals surface area contributed by atoms with Crippen molar-refractivity contribution in [3.8, 4) is 11.5 Å². The molecule has 1 aliphatic heterocycles. The molecule has 6 N–H and O–H groups in total. The number of likely N-dealkylation sites (N-methyl/N-ethyl adjacent to an activating group) is 1. The lowest BCUT2D eigenvalue weighted by Crippen LogP contribution is -2.65. The van der Waals surface area contributed by atoms with Crippen LogP contribution in [0.1, 0.15) is 49.8 Å². The quantitative estimate of drug-likeness (QED) is 0.334. The molecule has 0 radical (unpaired) electrons. The van der Waals surface area contributed by atoms with Gasteiger partial charge in [0.1, 0.15) is 28.6 Å². The van der Waals surface area contributed by atoms with Crippen LogP contribution in [-0.4, -0.2) is 92.6 Å². The van der Waals surface area contributed by atoms with E-state index >= 15 is 0 Å². The molecule has 11 heteroatoms. The van der Waals surface area contributed by atoms with E-state index in [0.29, 0.717) is 17.9 Å². The van der Waals surface area contributed by atoms with Crippen molar-refractivity contribution in [2.45, 2.75) is 63.3 Å². The number of aliphatic hydroxyl groups excluding tert-OH is 2. The molecule has 0 aromatic heterocycles. The predicted octanol–water partition coefficient (Wildman–Crippen LogP) is 1.35. The van der Waals surface area contributed by atoms with Crippen molar-refractivity contribution in [1.82, 2.24) is 9.80 Å². The zero-order valence-corrected chi connectivity index (χ0v) is 23.4. The van der Waals surface area contributed by atoms with Crippen molar-refractivity contribution in [2.24, 2.45) is 17.6 Å². The molecule has 1 saturated carbocycles. The van der Waals surface area contributed by atoms with Gasteiger partial charge in [0.2, 0.25) is 5.78 Å². The average Bonchev–Trinajstić information content (AvgIpc) is 3.18. The molecule has 1 amide bonds. The second-order valence-corrected chi connectivity index (χ2v) is 12.2. The van der Waals surface area contributed by atoms with E-state index in [0.717, 1.165) is 24.9 Å². The first-order valence-corrected chi connectivity index (χ1v) is 13.5. The number of likely N-dealkylation sites (tertiary alicyclic amines) is 1. The Kier molecular flexibility index (Phi) is 6.56. The van der Waals surface area contributed by atoms with Gasteiger partial charge in [-0.1, -0.05) is 0 Å². The summed E-state index contributed by atoms with van der Waals surface area (Å²) in [6.45, 7) is 5.75. The SMILES string of the molecule is COc1c(CN2CCCC2(C)C)cc(O)c2c1C[C@H]1C[C@H]3[C@H](N(C)C)C(=O)C(C(N)=O)=C(O)[C@@]3(O)C(=O)C1=C2O. The maximum Gasteiger partial charge on any atom is 0.255 e. The van der Waals surface area contributed by atoms with Crippen LogP contribution in [0, 0.1) is 11.8 Å². The molecule has 4 atom stereocenters. The molecule has 1 heterocycles. The second kappa shape index (κ2) is 9.32. The Morgan fingerprint density at radius 3 is 2.45 bits per heavy atom. The van der Waals surface area contributed by atoms with Crippen molar-refractivity contribution in [3.63, 3.8) is 0 Å². The van der Waals surface area contributed by atoms with E-state index in [1.807, 2.05) is 0 Å². The summed E-state index contributed by atoms with van der Waals surface area (Å²) in [6.07, 6.45) is 2.30. The van der Waals surface area contributed by atoms with Crippen LogP contribution >= 0.6 is 0 Å². The van der Waals surface area contributed by atoms with Gasteiger partial charge in [0.15, 0.2) is 11.4 Å². The number of benzene rings is 1. The fraction of sp³-hybridized carbons (Fsp3) is 0.552. The zero-order valence-electron chi connectivity index (χ0n) is 23.4. The first-order valence-electron chi connectivity index (χ1n) is 13.5. The highest BCUT2D eigenvalue weighted by Crippen LogP contribution is 2.54. The number of nitrogens with two attached hydrogens (primary N) is 1. The van der Waals surface area contributed by atoms with Crippen molar-refractivity contribution < 1.29 is 39.5 Å². The fourth-order valence-electron chi connectivity index (χ4n) is 7.39. The molecule has 1 aromatic carbocycles. The van der Waals surface area contributed by atoms with E-state index < -0.39 is 58.0 Å². The van der Waals surface area contributed by atoms with Crippen LogP contribution in [0.25, 0.3) is 5.76 Å². The van der Waals surface area contributed by atoms with E-state index in [2.05, 4.69) is 18.7 Å².